The quantitative estimate of drug-likeness (QED) is 0.0461. The van der Waals surface area contributed by atoms with E-state index in [1.54, 1.807) is 0 Å². The summed E-state index contributed by atoms with van der Waals surface area (Å²) < 4.78 is 43.4. The number of piperidine rings is 1. The number of benzene rings is 1. The fourth-order valence-corrected chi connectivity index (χ4v) is 15.4. The zero-order chi connectivity index (χ0) is 70.5. The maximum atomic E-state index is 15.0. The highest BCUT2D eigenvalue weighted by Gasteiger charge is 2.50. The molecule has 1 aromatic carbocycles. The third kappa shape index (κ3) is 20.0. The maximum absolute atomic E-state index is 15.0. The molecule has 544 valence electrons. The molecule has 13 atom stereocenters. The van der Waals surface area contributed by atoms with E-state index in [9.17, 15) is 87.7 Å². The number of aromatic nitrogens is 3. The number of anilines is 1. The molecule has 4 saturated heterocycles. The number of β-amino-alcohol motifs (C(OH)–C–C–N with tert-alkyl or cyclic N) is 1. The fourth-order valence-electron chi connectivity index (χ4n) is 14.0. The van der Waals surface area contributed by atoms with Crippen molar-refractivity contribution in [2.75, 3.05) is 70.5 Å². The van der Waals surface area contributed by atoms with Crippen LogP contribution in [-0.4, -0.2) is 270 Å². The molecule has 34 heteroatoms. The van der Waals surface area contributed by atoms with E-state index in [1.165, 1.54) is 57.3 Å². The highest BCUT2D eigenvalue weighted by Crippen LogP contribution is 2.39. The number of phenols is 1. The third-order valence-corrected chi connectivity index (χ3v) is 21.3. The number of nitrogens with zero attached hydrogens (tertiary/aromatic N) is 6. The average Bonchev–Trinajstić information content (AvgIpc) is 1.62. The molecule has 9 rings (SSSR count). The largest absolute Gasteiger partial charge is 0.504 e. The predicted molar refractivity (Wildman–Crippen MR) is 352 cm³/mol. The van der Waals surface area contributed by atoms with Gasteiger partial charge in [-0.25, -0.2) is 4.98 Å². The number of aromatic hydroxyl groups is 1. The van der Waals surface area contributed by atoms with Gasteiger partial charge in [0.15, 0.2) is 11.5 Å². The lowest BCUT2D eigenvalue weighted by Crippen LogP contribution is -2.64. The number of ether oxygens (including phenoxy) is 1. The summed E-state index contributed by atoms with van der Waals surface area (Å²) in [5.74, 6) is -7.49. The summed E-state index contributed by atoms with van der Waals surface area (Å²) in [6, 6.07) is -4.77. The van der Waals surface area contributed by atoms with Crippen LogP contribution in [0.3, 0.4) is 0 Å². The van der Waals surface area contributed by atoms with E-state index in [0.717, 1.165) is 94.8 Å². The van der Waals surface area contributed by atoms with Gasteiger partial charge in [-0.05, 0) is 126 Å². The molecule has 6 fully saturated rings. The van der Waals surface area contributed by atoms with Crippen LogP contribution in [0.25, 0.3) is 10.6 Å². The van der Waals surface area contributed by atoms with Crippen LogP contribution in [0.15, 0.2) is 36.5 Å². The first kappa shape index (κ1) is 75.8. The smallest absolute Gasteiger partial charge is 0.446 e. The van der Waals surface area contributed by atoms with Crippen molar-refractivity contribution in [2.45, 2.75) is 201 Å². The Labute approximate surface area is 572 Å². The van der Waals surface area contributed by atoms with Crippen LogP contribution in [0, 0.1) is 17.8 Å². The van der Waals surface area contributed by atoms with Crippen molar-refractivity contribution in [3.63, 3.8) is 0 Å². The Bertz CT molecular complexity index is 3280. The zero-order valence-electron chi connectivity index (χ0n) is 55.1. The van der Waals surface area contributed by atoms with E-state index in [1.807, 2.05) is 18.3 Å². The number of hydrogen-bond acceptors (Lipinski definition) is 26. The van der Waals surface area contributed by atoms with Gasteiger partial charge in [-0.1, -0.05) is 43.6 Å². The lowest BCUT2D eigenvalue weighted by molar-refractivity contribution is -0.147. The number of rotatable bonds is 22. The summed E-state index contributed by atoms with van der Waals surface area (Å²) in [6.45, 7) is 2.78. The Morgan fingerprint density at radius 1 is 0.755 bits per heavy atom. The number of nitrogens with one attached hydrogen (secondary N) is 6. The Morgan fingerprint density at radius 2 is 1.45 bits per heavy atom. The van der Waals surface area contributed by atoms with Crippen molar-refractivity contribution in [1.29, 1.82) is 0 Å². The minimum Gasteiger partial charge on any atom is -0.504 e. The van der Waals surface area contributed by atoms with Crippen LogP contribution in [0.2, 0.25) is 0 Å². The van der Waals surface area contributed by atoms with Gasteiger partial charge < -0.3 is 101 Å². The summed E-state index contributed by atoms with van der Waals surface area (Å²) >= 11 is 1.51. The van der Waals surface area contributed by atoms with Crippen LogP contribution < -0.4 is 41.0 Å². The Morgan fingerprint density at radius 3 is 2.12 bits per heavy atom. The normalized spacial score (nSPS) is 29.0. The number of carbonyl (C=O) groups is 6. The number of hydrogen-bond donors (Lipinski definition) is 16. The van der Waals surface area contributed by atoms with Crippen LogP contribution in [0.4, 0.5) is 5.82 Å². The molecular weight excluding hydrogens is 1320 g/mol. The topological polar surface area (TPSA) is 478 Å². The van der Waals surface area contributed by atoms with Gasteiger partial charge in [-0.2, -0.15) is 8.42 Å². The fraction of sp³-hybridized carbons (Fsp3) is 0.703. The number of aliphatic hydroxyl groups excluding tert-OH is 8. The van der Waals surface area contributed by atoms with E-state index in [-0.39, 0.29) is 43.1 Å². The summed E-state index contributed by atoms with van der Waals surface area (Å²) in [5.41, 5.74) is 0.770. The van der Waals surface area contributed by atoms with Crippen LogP contribution in [0.5, 0.6) is 11.5 Å². The Kier molecular flexibility index (Phi) is 26.9. The minimum atomic E-state index is -5.22. The SMILES string of the molecule is C[C@@H](O)[C@@H]1NC(=O)[C@@H](NC[C@H]2CC[C@H](c3nnc(-c4ccc(N5CCC(OCC6CCCCC6)CC5)nc4)s3)CC2)C[C@@H](O)CNC(=O)[C@@H]2[C@@H](O)[C@@H](C)CN2C(=O)[C@H]([C@H](O)CCNC(CO)CO)NC(=O)[C@H]([C@H](O)Cc2ccc(O)c(OS(=O)(=O)O)c2)NC(=O)[C@@H]2C[C@@H](O)CN2C1=O. The molecule has 32 nitrogen and oxygen atoms in total. The number of carbonyl (C=O) groups excluding carboxylic acids is 6. The molecule has 0 radical (unpaired) electrons. The third-order valence-electron chi connectivity index (χ3n) is 19.8. The van der Waals surface area contributed by atoms with Crippen LogP contribution in [0.1, 0.15) is 120 Å². The first-order valence-corrected chi connectivity index (χ1v) is 36.2. The van der Waals surface area contributed by atoms with Crippen LogP contribution in [-0.2, 0) is 50.3 Å². The Balaban J connectivity index is 0.917. The molecule has 4 aliphatic heterocycles. The van der Waals surface area contributed by atoms with E-state index in [2.05, 4.69) is 51.2 Å². The molecular formula is C64H96N12O20S2. The van der Waals surface area contributed by atoms with Gasteiger partial charge in [0.05, 0.1) is 68.0 Å². The van der Waals surface area contributed by atoms with E-state index < -0.39 is 194 Å². The molecule has 2 aromatic heterocycles. The Hall–Kier alpha value is -6.38. The van der Waals surface area contributed by atoms with Crippen molar-refractivity contribution < 1.29 is 96.6 Å². The molecule has 0 spiro atoms. The summed E-state index contributed by atoms with van der Waals surface area (Å²) in [6.07, 6.45) is 1.07. The first-order valence-electron chi connectivity index (χ1n) is 34.0. The molecule has 0 unspecified atom stereocenters. The van der Waals surface area contributed by atoms with Gasteiger partial charge in [0, 0.05) is 75.8 Å². The second-order valence-corrected chi connectivity index (χ2v) is 29.2. The van der Waals surface area contributed by atoms with Gasteiger partial charge in [0.2, 0.25) is 35.4 Å². The van der Waals surface area contributed by atoms with E-state index in [0.29, 0.717) is 18.8 Å². The van der Waals surface area contributed by atoms with Crippen molar-refractivity contribution in [3.8, 4) is 22.1 Å². The molecule has 6 amide bonds. The van der Waals surface area contributed by atoms with Crippen molar-refractivity contribution >= 4 is 63.0 Å². The van der Waals surface area contributed by atoms with E-state index in [4.69, 9.17) is 9.72 Å². The molecule has 6 heterocycles. The van der Waals surface area contributed by atoms with Gasteiger partial charge >= 0.3 is 10.4 Å². The number of aliphatic hydroxyl groups is 8. The van der Waals surface area contributed by atoms with Gasteiger partial charge in [0.25, 0.3) is 0 Å². The standard InChI is InChI=1S/C64H96N12O20S2/c1-34-29-76-55(56(34)85)60(89)68-28-42(80)24-45(66-26-36-8-11-39(12-9-36)61-72-73-62(97-61)40-13-15-51(67-27-40)74-20-17-44(18-21-74)95-33-37-6-4-3-5-7-37)57(86)69-52(35(2)79)63(90)75-30-43(81)25-46(75)58(87)70-53(49(84)22-38-10-14-47(82)50(23-38)96-98(92,93)94)59(88)71-54(64(76)91)48(83)16-19-65-41(31-77)32-78/h10,13-15,23,27,34-37,39,41-46,48-49,52-56,65-66,77-85H,3-9,11-12,16-22,24-26,28-33H2,1-2H3,(H,68,89)(H,69,86)(H,70,87)(H,71,88)(H,92,93,94)/t34-,35+,36-,39-,42+,43+,45-,46-,48+,49+,52-,53-,54-,55-,56-/m0/s1. The van der Waals surface area contributed by atoms with Crippen LogP contribution >= 0.6 is 11.3 Å². The van der Waals surface area contributed by atoms with E-state index >= 15 is 0 Å². The summed E-state index contributed by atoms with van der Waals surface area (Å²) in [5, 5.41) is 126. The van der Waals surface area contributed by atoms with Gasteiger partial charge in [-0.3, -0.25) is 33.3 Å². The average molecular weight is 1420 g/mol. The number of phenolic OH excluding ortho intramolecular Hbond substituents is 1. The highest BCUT2D eigenvalue weighted by atomic mass is 32.3. The lowest BCUT2D eigenvalue weighted by Gasteiger charge is -2.34. The lowest BCUT2D eigenvalue weighted by atomic mass is 9.82. The minimum absolute atomic E-state index is 0.00871. The summed E-state index contributed by atoms with van der Waals surface area (Å²) in [4.78, 5) is 97.1. The first-order chi connectivity index (χ1) is 46.8. The monoisotopic (exact) mass is 1420 g/mol. The molecule has 0 bridgehead atoms. The molecule has 98 heavy (non-hydrogen) atoms. The van der Waals surface area contributed by atoms with Gasteiger partial charge in [-0.15, -0.1) is 10.2 Å². The molecule has 2 aliphatic carbocycles. The second kappa shape index (κ2) is 34.8. The molecule has 6 aliphatic rings. The molecule has 16 N–H and O–H groups in total. The van der Waals surface area contributed by atoms with Crippen molar-refractivity contribution in [2.24, 2.45) is 17.8 Å². The van der Waals surface area contributed by atoms with Crippen molar-refractivity contribution in [3.05, 3.63) is 47.1 Å². The maximum Gasteiger partial charge on any atom is 0.446 e. The number of amides is 6. The zero-order valence-corrected chi connectivity index (χ0v) is 56.7. The van der Waals surface area contributed by atoms with Gasteiger partial charge in [0.1, 0.15) is 46.0 Å². The second-order valence-electron chi connectivity index (χ2n) is 27.1. The highest BCUT2D eigenvalue weighted by molar-refractivity contribution is 7.81. The number of pyridine rings is 1. The van der Waals surface area contributed by atoms with Crippen molar-refractivity contribution in [1.82, 2.24) is 56.9 Å². The number of fused-ring (bicyclic) bond motifs is 2. The predicted octanol–water partition coefficient (Wildman–Crippen LogP) is -2.53. The molecule has 2 saturated carbocycles. The molecule has 3 aromatic rings. The summed E-state index contributed by atoms with van der Waals surface area (Å²) in [7, 11) is -5.22.